The molecular formula is C15H21NO3. The fraction of sp³-hybridized carbons (Fsp3) is 0.400. The molecule has 4 heteroatoms. The van der Waals surface area contributed by atoms with Crippen molar-refractivity contribution in [2.24, 2.45) is 0 Å². The number of nitrogens with one attached hydrogen (secondary N) is 1. The number of ether oxygens (including phenoxy) is 2. The summed E-state index contributed by atoms with van der Waals surface area (Å²) < 4.78 is 10.4. The number of carbonyl (C=O) groups excluding carboxylic acids is 1. The van der Waals surface area contributed by atoms with Crippen LogP contribution in [0.1, 0.15) is 25.3 Å². The predicted octanol–water partition coefficient (Wildman–Crippen LogP) is 2.63. The van der Waals surface area contributed by atoms with Gasteiger partial charge in [-0.2, -0.15) is 0 Å². The van der Waals surface area contributed by atoms with Gasteiger partial charge in [-0.1, -0.05) is 13.3 Å². The molecule has 0 heterocycles. The molecule has 0 aliphatic rings. The molecule has 0 fully saturated rings. The summed E-state index contributed by atoms with van der Waals surface area (Å²) >= 11 is 0. The highest BCUT2D eigenvalue weighted by atomic mass is 16.5. The van der Waals surface area contributed by atoms with E-state index in [9.17, 15) is 4.79 Å². The molecular weight excluding hydrogens is 242 g/mol. The predicted molar refractivity (Wildman–Crippen MR) is 76.5 cm³/mol. The van der Waals surface area contributed by atoms with E-state index >= 15 is 0 Å². The Balaban J connectivity index is 2.71. The van der Waals surface area contributed by atoms with Gasteiger partial charge in [0.05, 0.1) is 14.2 Å². The molecule has 1 rings (SSSR count). The maximum Gasteiger partial charge on any atom is 0.244 e. The maximum absolute atomic E-state index is 11.6. The first-order valence-corrected chi connectivity index (χ1v) is 6.39. The number of unbranched alkanes of at least 4 members (excludes halogenated alkanes) is 1. The van der Waals surface area contributed by atoms with Gasteiger partial charge >= 0.3 is 0 Å². The first kappa shape index (κ1) is 15.1. The smallest absolute Gasteiger partial charge is 0.244 e. The van der Waals surface area contributed by atoms with Crippen molar-refractivity contribution in [3.8, 4) is 11.5 Å². The van der Waals surface area contributed by atoms with E-state index in [1.807, 2.05) is 18.2 Å². The minimum atomic E-state index is -0.0988. The molecule has 0 aromatic heterocycles. The standard InChI is InChI=1S/C15H21NO3/c1-4-5-10-16-15(17)9-6-12-11-13(18-2)7-8-14(12)19-3/h6-9,11H,4-5,10H2,1-3H3,(H,16,17)/b9-6+. The van der Waals surface area contributed by atoms with Gasteiger partial charge in [-0.15, -0.1) is 0 Å². The van der Waals surface area contributed by atoms with Crippen molar-refractivity contribution in [2.45, 2.75) is 19.8 Å². The first-order valence-electron chi connectivity index (χ1n) is 6.39. The van der Waals surface area contributed by atoms with E-state index in [-0.39, 0.29) is 5.91 Å². The zero-order chi connectivity index (χ0) is 14.1. The second-order valence-corrected chi connectivity index (χ2v) is 4.09. The van der Waals surface area contributed by atoms with Crippen molar-refractivity contribution in [3.63, 3.8) is 0 Å². The van der Waals surface area contributed by atoms with E-state index in [4.69, 9.17) is 9.47 Å². The zero-order valence-corrected chi connectivity index (χ0v) is 11.7. The summed E-state index contributed by atoms with van der Waals surface area (Å²) in [7, 11) is 3.20. The Morgan fingerprint density at radius 3 is 2.74 bits per heavy atom. The number of benzene rings is 1. The summed E-state index contributed by atoms with van der Waals surface area (Å²) in [5, 5.41) is 2.82. The largest absolute Gasteiger partial charge is 0.497 e. The van der Waals surface area contributed by atoms with Gasteiger partial charge in [0.1, 0.15) is 11.5 Å². The van der Waals surface area contributed by atoms with Crippen LogP contribution in [-0.2, 0) is 4.79 Å². The van der Waals surface area contributed by atoms with Gasteiger partial charge in [-0.05, 0) is 30.7 Å². The topological polar surface area (TPSA) is 47.6 Å². The van der Waals surface area contributed by atoms with Crippen molar-refractivity contribution in [2.75, 3.05) is 20.8 Å². The van der Waals surface area contributed by atoms with Crippen molar-refractivity contribution in [1.82, 2.24) is 5.32 Å². The van der Waals surface area contributed by atoms with Crippen molar-refractivity contribution in [1.29, 1.82) is 0 Å². The van der Waals surface area contributed by atoms with E-state index in [0.717, 1.165) is 24.2 Å². The van der Waals surface area contributed by atoms with Gasteiger partial charge < -0.3 is 14.8 Å². The third-order valence-electron chi connectivity index (χ3n) is 2.68. The molecule has 1 N–H and O–H groups in total. The number of carbonyl (C=O) groups is 1. The highest BCUT2D eigenvalue weighted by Gasteiger charge is 2.02. The second kappa shape index (κ2) is 8.19. The average Bonchev–Trinajstić information content (AvgIpc) is 2.45. The Labute approximate surface area is 114 Å². The van der Waals surface area contributed by atoms with E-state index in [1.54, 1.807) is 20.3 Å². The van der Waals surface area contributed by atoms with Crippen LogP contribution >= 0.6 is 0 Å². The van der Waals surface area contributed by atoms with Gasteiger partial charge in [-0.3, -0.25) is 4.79 Å². The summed E-state index contributed by atoms with van der Waals surface area (Å²) in [5.74, 6) is 1.34. The Hall–Kier alpha value is -1.97. The summed E-state index contributed by atoms with van der Waals surface area (Å²) in [4.78, 5) is 11.6. The van der Waals surface area contributed by atoms with Gasteiger partial charge in [0.2, 0.25) is 5.91 Å². The summed E-state index contributed by atoms with van der Waals surface area (Å²) in [6.45, 7) is 2.79. The average molecular weight is 263 g/mol. The highest BCUT2D eigenvalue weighted by Crippen LogP contribution is 2.24. The van der Waals surface area contributed by atoms with Crippen LogP contribution in [0.15, 0.2) is 24.3 Å². The number of amides is 1. The molecule has 0 saturated carbocycles. The minimum Gasteiger partial charge on any atom is -0.497 e. The zero-order valence-electron chi connectivity index (χ0n) is 11.7. The Morgan fingerprint density at radius 1 is 1.32 bits per heavy atom. The Bertz CT molecular complexity index is 441. The van der Waals surface area contributed by atoms with E-state index < -0.39 is 0 Å². The second-order valence-electron chi connectivity index (χ2n) is 4.09. The molecule has 1 aromatic carbocycles. The van der Waals surface area contributed by atoms with Crippen LogP contribution in [-0.4, -0.2) is 26.7 Å². The molecule has 0 spiro atoms. The van der Waals surface area contributed by atoms with Crippen molar-refractivity contribution < 1.29 is 14.3 Å². The SMILES string of the molecule is CCCCNC(=O)/C=C/c1cc(OC)ccc1OC. The van der Waals surface area contributed by atoms with Crippen LogP contribution in [0.4, 0.5) is 0 Å². The molecule has 0 atom stereocenters. The molecule has 4 nitrogen and oxygen atoms in total. The third-order valence-corrected chi connectivity index (χ3v) is 2.68. The lowest BCUT2D eigenvalue weighted by Gasteiger charge is -2.07. The summed E-state index contributed by atoms with van der Waals surface area (Å²) in [6.07, 6.45) is 5.28. The van der Waals surface area contributed by atoms with Crippen LogP contribution in [0.5, 0.6) is 11.5 Å². The number of hydrogen-bond donors (Lipinski definition) is 1. The van der Waals surface area contributed by atoms with E-state index in [0.29, 0.717) is 12.3 Å². The fourth-order valence-corrected chi connectivity index (χ4v) is 1.58. The molecule has 0 aliphatic heterocycles. The number of rotatable bonds is 7. The Kier molecular flexibility index (Phi) is 6.50. The molecule has 0 bridgehead atoms. The van der Waals surface area contributed by atoms with Gasteiger partial charge in [0.15, 0.2) is 0 Å². The maximum atomic E-state index is 11.6. The van der Waals surface area contributed by atoms with Crippen molar-refractivity contribution in [3.05, 3.63) is 29.8 Å². The minimum absolute atomic E-state index is 0.0988. The van der Waals surface area contributed by atoms with Gasteiger partial charge in [0, 0.05) is 18.2 Å². The summed E-state index contributed by atoms with van der Waals surface area (Å²) in [5.41, 5.74) is 0.812. The Morgan fingerprint density at radius 2 is 2.11 bits per heavy atom. The third kappa shape index (κ3) is 5.04. The van der Waals surface area contributed by atoms with E-state index in [1.165, 1.54) is 6.08 Å². The van der Waals surface area contributed by atoms with Gasteiger partial charge in [0.25, 0.3) is 0 Å². The van der Waals surface area contributed by atoms with Crippen LogP contribution < -0.4 is 14.8 Å². The molecule has 1 amide bonds. The molecule has 0 saturated heterocycles. The molecule has 104 valence electrons. The lowest BCUT2D eigenvalue weighted by Crippen LogP contribution is -2.21. The normalized spacial score (nSPS) is 10.5. The van der Waals surface area contributed by atoms with Crippen LogP contribution in [0.3, 0.4) is 0 Å². The lowest BCUT2D eigenvalue weighted by molar-refractivity contribution is -0.116. The lowest BCUT2D eigenvalue weighted by atomic mass is 10.1. The number of methoxy groups -OCH3 is 2. The van der Waals surface area contributed by atoms with Crippen LogP contribution in [0, 0.1) is 0 Å². The molecule has 0 radical (unpaired) electrons. The van der Waals surface area contributed by atoms with Crippen LogP contribution in [0.2, 0.25) is 0 Å². The quantitative estimate of drug-likeness (QED) is 0.607. The molecule has 19 heavy (non-hydrogen) atoms. The summed E-state index contributed by atoms with van der Waals surface area (Å²) in [6, 6.07) is 5.46. The van der Waals surface area contributed by atoms with Crippen molar-refractivity contribution >= 4 is 12.0 Å². The van der Waals surface area contributed by atoms with Gasteiger partial charge in [-0.25, -0.2) is 0 Å². The van der Waals surface area contributed by atoms with Crippen LogP contribution in [0.25, 0.3) is 6.08 Å². The molecule has 1 aromatic rings. The highest BCUT2D eigenvalue weighted by molar-refractivity contribution is 5.92. The number of hydrogen-bond acceptors (Lipinski definition) is 3. The first-order chi connectivity index (χ1) is 9.21. The molecule has 0 unspecified atom stereocenters. The van der Waals surface area contributed by atoms with E-state index in [2.05, 4.69) is 12.2 Å². The molecule has 0 aliphatic carbocycles. The fourth-order valence-electron chi connectivity index (χ4n) is 1.58. The monoisotopic (exact) mass is 263 g/mol.